The lowest BCUT2D eigenvalue weighted by molar-refractivity contribution is 0.0956. The van der Waals surface area contributed by atoms with Gasteiger partial charge in [-0.05, 0) is 56.4 Å². The third-order valence-electron chi connectivity index (χ3n) is 4.54. The first-order valence-electron chi connectivity index (χ1n) is 8.72. The maximum absolute atomic E-state index is 12.7. The molecule has 4 rings (SSSR count). The van der Waals surface area contributed by atoms with Crippen LogP contribution in [0.25, 0.3) is 11.0 Å². The van der Waals surface area contributed by atoms with E-state index in [1.54, 1.807) is 18.2 Å². The fraction of sp³-hybridized carbons (Fsp3) is 0.333. The van der Waals surface area contributed by atoms with Crippen molar-refractivity contribution in [1.82, 2.24) is 20.7 Å². The summed E-state index contributed by atoms with van der Waals surface area (Å²) in [6.45, 7) is 2.45. The van der Waals surface area contributed by atoms with E-state index in [0.717, 1.165) is 31.2 Å². The number of aromatic amines is 1. The van der Waals surface area contributed by atoms with Crippen LogP contribution in [0.5, 0.6) is 0 Å². The third-order valence-corrected chi connectivity index (χ3v) is 5.75. The summed E-state index contributed by atoms with van der Waals surface area (Å²) in [4.78, 5) is 26.5. The highest BCUT2D eigenvalue weighted by molar-refractivity contribution is 7.17. The Morgan fingerprint density at radius 1 is 1.15 bits per heavy atom. The highest BCUT2D eigenvalue weighted by Crippen LogP contribution is 2.38. The van der Waals surface area contributed by atoms with Gasteiger partial charge in [0.2, 0.25) is 0 Å². The summed E-state index contributed by atoms with van der Waals surface area (Å²) in [6.07, 6.45) is 4.05. The maximum Gasteiger partial charge on any atom is 0.256 e. The number of aryl methyl sites for hydroxylation is 1. The number of rotatable bonds is 4. The monoisotopic (exact) mass is 369 g/mol. The van der Waals surface area contributed by atoms with Crippen LogP contribution < -0.4 is 10.6 Å². The second kappa shape index (κ2) is 6.87. The molecule has 134 valence electrons. The number of hydrogen-bond donors (Lipinski definition) is 3. The number of thiophene rings is 1. The topological polar surface area (TPSA) is 99.8 Å². The predicted octanol–water partition coefficient (Wildman–Crippen LogP) is 2.90. The molecule has 0 spiro atoms. The van der Waals surface area contributed by atoms with Gasteiger partial charge < -0.3 is 10.6 Å². The standard InChI is InChI=1S/C18H19N5O2S/c1-2-19-17(25)15-11-5-3-4-6-14(11)26-18(15)20-16(24)10-7-8-12-13(9-10)22-23-21-12/h7-9H,2-6H2,1H3,(H,19,25)(H,20,24)(H,21,22,23). The molecule has 1 aromatic carbocycles. The van der Waals surface area contributed by atoms with Gasteiger partial charge in [0.1, 0.15) is 16.0 Å². The molecule has 8 heteroatoms. The number of anilines is 1. The van der Waals surface area contributed by atoms with Gasteiger partial charge >= 0.3 is 0 Å². The number of nitrogens with one attached hydrogen (secondary N) is 3. The van der Waals surface area contributed by atoms with Crippen molar-refractivity contribution < 1.29 is 9.59 Å². The van der Waals surface area contributed by atoms with Crippen molar-refractivity contribution in [1.29, 1.82) is 0 Å². The van der Waals surface area contributed by atoms with Crippen LogP contribution in [-0.4, -0.2) is 33.8 Å². The summed E-state index contributed by atoms with van der Waals surface area (Å²) < 4.78 is 0. The Kier molecular flexibility index (Phi) is 4.42. The molecule has 2 heterocycles. The van der Waals surface area contributed by atoms with Crippen LogP contribution in [0.4, 0.5) is 5.00 Å². The van der Waals surface area contributed by atoms with E-state index in [9.17, 15) is 9.59 Å². The Bertz CT molecular complexity index is 991. The summed E-state index contributed by atoms with van der Waals surface area (Å²) in [6, 6.07) is 5.14. The molecule has 3 N–H and O–H groups in total. The second-order valence-electron chi connectivity index (χ2n) is 6.26. The zero-order valence-electron chi connectivity index (χ0n) is 14.4. The van der Waals surface area contributed by atoms with Gasteiger partial charge in [0.15, 0.2) is 0 Å². The Balaban J connectivity index is 1.67. The number of carbonyl (C=O) groups excluding carboxylic acids is 2. The zero-order valence-corrected chi connectivity index (χ0v) is 15.2. The third kappa shape index (κ3) is 2.96. The number of aromatic nitrogens is 3. The molecule has 0 fully saturated rings. The van der Waals surface area contributed by atoms with E-state index < -0.39 is 0 Å². The van der Waals surface area contributed by atoms with Crippen molar-refractivity contribution in [2.75, 3.05) is 11.9 Å². The number of amides is 2. The fourth-order valence-corrected chi connectivity index (χ4v) is 4.58. The molecule has 2 amide bonds. The molecule has 0 bridgehead atoms. The number of hydrogen-bond acceptors (Lipinski definition) is 5. The zero-order chi connectivity index (χ0) is 18.1. The summed E-state index contributed by atoms with van der Waals surface area (Å²) >= 11 is 1.52. The second-order valence-corrected chi connectivity index (χ2v) is 7.36. The average molecular weight is 369 g/mol. The van der Waals surface area contributed by atoms with Gasteiger partial charge in [-0.15, -0.1) is 11.3 Å². The van der Waals surface area contributed by atoms with Gasteiger partial charge in [0.25, 0.3) is 11.8 Å². The minimum Gasteiger partial charge on any atom is -0.352 e. The molecule has 0 saturated heterocycles. The molecule has 0 radical (unpaired) electrons. The van der Waals surface area contributed by atoms with E-state index in [4.69, 9.17) is 0 Å². The molecule has 26 heavy (non-hydrogen) atoms. The lowest BCUT2D eigenvalue weighted by Gasteiger charge is -2.12. The van der Waals surface area contributed by atoms with Gasteiger partial charge in [-0.2, -0.15) is 15.4 Å². The van der Waals surface area contributed by atoms with Crippen molar-refractivity contribution >= 4 is 39.2 Å². The van der Waals surface area contributed by atoms with Crippen LogP contribution >= 0.6 is 11.3 Å². The SMILES string of the molecule is CCNC(=O)c1c(NC(=O)c2ccc3n[nH]nc3c2)sc2c1CCCC2. The number of fused-ring (bicyclic) bond motifs is 2. The highest BCUT2D eigenvalue weighted by atomic mass is 32.1. The van der Waals surface area contributed by atoms with Crippen molar-refractivity contribution in [2.24, 2.45) is 0 Å². The van der Waals surface area contributed by atoms with Crippen molar-refractivity contribution in [3.63, 3.8) is 0 Å². The molecule has 0 aliphatic heterocycles. The van der Waals surface area contributed by atoms with Crippen LogP contribution in [0, 0.1) is 0 Å². The van der Waals surface area contributed by atoms with Crippen LogP contribution in [-0.2, 0) is 12.8 Å². The number of nitrogens with zero attached hydrogens (tertiary/aromatic N) is 2. The molecule has 3 aromatic rings. The largest absolute Gasteiger partial charge is 0.352 e. The Morgan fingerprint density at radius 2 is 1.96 bits per heavy atom. The van der Waals surface area contributed by atoms with Gasteiger partial charge in [0.05, 0.1) is 5.56 Å². The van der Waals surface area contributed by atoms with E-state index >= 15 is 0 Å². The van der Waals surface area contributed by atoms with Gasteiger partial charge in [0, 0.05) is 17.0 Å². The van der Waals surface area contributed by atoms with Crippen LogP contribution in [0.1, 0.15) is 50.9 Å². The van der Waals surface area contributed by atoms with Crippen molar-refractivity contribution in [3.8, 4) is 0 Å². The van der Waals surface area contributed by atoms with Crippen LogP contribution in [0.2, 0.25) is 0 Å². The van der Waals surface area contributed by atoms with Crippen LogP contribution in [0.3, 0.4) is 0 Å². The maximum atomic E-state index is 12.7. The molecule has 2 aromatic heterocycles. The lowest BCUT2D eigenvalue weighted by atomic mass is 9.95. The summed E-state index contributed by atoms with van der Waals surface area (Å²) in [5.74, 6) is -0.367. The summed E-state index contributed by atoms with van der Waals surface area (Å²) in [7, 11) is 0. The van der Waals surface area contributed by atoms with Gasteiger partial charge in [-0.25, -0.2) is 0 Å². The Morgan fingerprint density at radius 3 is 2.81 bits per heavy atom. The first-order valence-corrected chi connectivity index (χ1v) is 9.53. The molecule has 0 atom stereocenters. The Labute approximate surface area is 154 Å². The number of carbonyl (C=O) groups is 2. The van der Waals surface area contributed by atoms with Crippen molar-refractivity contribution in [3.05, 3.63) is 39.8 Å². The molecule has 7 nitrogen and oxygen atoms in total. The predicted molar refractivity (Wildman–Crippen MR) is 101 cm³/mol. The number of benzene rings is 1. The van der Waals surface area contributed by atoms with E-state index in [1.807, 2.05) is 6.92 Å². The van der Waals surface area contributed by atoms with E-state index in [1.165, 1.54) is 16.2 Å². The number of H-pyrrole nitrogens is 1. The minimum absolute atomic E-state index is 0.117. The molecule has 0 unspecified atom stereocenters. The molecule has 1 aliphatic rings. The molecular formula is C18H19N5O2S. The highest BCUT2D eigenvalue weighted by Gasteiger charge is 2.26. The molecule has 1 aliphatic carbocycles. The molecule has 0 saturated carbocycles. The smallest absolute Gasteiger partial charge is 0.256 e. The average Bonchev–Trinajstić information content (AvgIpc) is 3.25. The lowest BCUT2D eigenvalue weighted by Crippen LogP contribution is -2.25. The summed E-state index contributed by atoms with van der Waals surface area (Å²) in [5.41, 5.74) is 3.54. The van der Waals surface area contributed by atoms with Gasteiger partial charge in [-0.3, -0.25) is 9.59 Å². The van der Waals surface area contributed by atoms with Gasteiger partial charge in [-0.1, -0.05) is 0 Å². The quantitative estimate of drug-likeness (QED) is 0.658. The minimum atomic E-state index is -0.251. The molecular weight excluding hydrogens is 350 g/mol. The normalized spacial score (nSPS) is 13.4. The van der Waals surface area contributed by atoms with Crippen molar-refractivity contribution in [2.45, 2.75) is 32.6 Å². The Hall–Kier alpha value is -2.74. The fourth-order valence-electron chi connectivity index (χ4n) is 3.30. The van der Waals surface area contributed by atoms with E-state index in [0.29, 0.717) is 33.7 Å². The first kappa shape index (κ1) is 16.7. The van der Waals surface area contributed by atoms with E-state index in [2.05, 4.69) is 26.0 Å². The van der Waals surface area contributed by atoms with E-state index in [-0.39, 0.29) is 11.8 Å². The first-order chi connectivity index (χ1) is 12.7. The van der Waals surface area contributed by atoms with Crippen LogP contribution in [0.15, 0.2) is 18.2 Å². The summed E-state index contributed by atoms with van der Waals surface area (Å²) in [5, 5.41) is 17.0.